The van der Waals surface area contributed by atoms with Crippen molar-refractivity contribution >= 4 is 11.4 Å². The van der Waals surface area contributed by atoms with E-state index in [-0.39, 0.29) is 12.5 Å². The van der Waals surface area contributed by atoms with Gasteiger partial charge in [0.05, 0.1) is 11.7 Å². The first kappa shape index (κ1) is 17.8. The van der Waals surface area contributed by atoms with Gasteiger partial charge in [-0.2, -0.15) is 0 Å². The first-order chi connectivity index (χ1) is 13.8. The summed E-state index contributed by atoms with van der Waals surface area (Å²) in [5, 5.41) is 2.88. The quantitative estimate of drug-likeness (QED) is 0.538. The third kappa shape index (κ3) is 4.20. The Morgan fingerprint density at radius 1 is 0.929 bits per heavy atom. The van der Waals surface area contributed by atoms with Gasteiger partial charge in [0.25, 0.3) is 5.91 Å². The van der Waals surface area contributed by atoms with Crippen molar-refractivity contribution in [1.82, 2.24) is 14.7 Å². The Bertz CT molecular complexity index is 1060. The van der Waals surface area contributed by atoms with Gasteiger partial charge in [-0.05, 0) is 35.4 Å². The molecule has 1 amide bonds. The van der Waals surface area contributed by atoms with Crippen LogP contribution in [0.15, 0.2) is 85.2 Å². The highest BCUT2D eigenvalue weighted by molar-refractivity contribution is 5.77. The molecule has 0 radical (unpaired) electrons. The smallest absolute Gasteiger partial charge is 0.257 e. The molecular weight excluding hydrogens is 350 g/mol. The van der Waals surface area contributed by atoms with Crippen molar-refractivity contribution in [3.63, 3.8) is 0 Å². The Kier molecular flexibility index (Phi) is 5.33. The van der Waals surface area contributed by atoms with E-state index in [0.29, 0.717) is 18.7 Å². The molecule has 0 spiro atoms. The van der Waals surface area contributed by atoms with E-state index in [1.165, 1.54) is 0 Å². The van der Waals surface area contributed by atoms with Gasteiger partial charge in [0, 0.05) is 19.2 Å². The molecule has 2 aromatic carbocycles. The molecule has 2 aromatic heterocycles. The minimum Gasteiger partial charge on any atom is -0.484 e. The Labute approximate surface area is 163 Å². The van der Waals surface area contributed by atoms with E-state index >= 15 is 0 Å². The van der Waals surface area contributed by atoms with E-state index in [9.17, 15) is 4.79 Å². The number of carbonyl (C=O) groups excluding carboxylic acids is 1. The van der Waals surface area contributed by atoms with Gasteiger partial charge >= 0.3 is 0 Å². The van der Waals surface area contributed by atoms with Crippen molar-refractivity contribution in [3.05, 3.63) is 91.0 Å². The summed E-state index contributed by atoms with van der Waals surface area (Å²) in [4.78, 5) is 16.4. The number of rotatable bonds is 7. The van der Waals surface area contributed by atoms with Gasteiger partial charge in [0.2, 0.25) is 0 Å². The highest BCUT2D eigenvalue weighted by Gasteiger charge is 2.06. The molecule has 0 aliphatic heterocycles. The molecule has 28 heavy (non-hydrogen) atoms. The second kappa shape index (κ2) is 8.39. The first-order valence-corrected chi connectivity index (χ1v) is 9.25. The Morgan fingerprint density at radius 2 is 1.68 bits per heavy atom. The molecule has 4 aromatic rings. The fourth-order valence-electron chi connectivity index (χ4n) is 3.07. The Balaban J connectivity index is 1.24. The predicted octanol–water partition coefficient (Wildman–Crippen LogP) is 3.74. The van der Waals surface area contributed by atoms with Crippen molar-refractivity contribution in [2.45, 2.75) is 6.42 Å². The van der Waals surface area contributed by atoms with Crippen LogP contribution in [0, 0.1) is 0 Å². The molecule has 140 valence electrons. The second-order valence-corrected chi connectivity index (χ2v) is 6.45. The number of aromatic nitrogens is 2. The third-order valence-electron chi connectivity index (χ3n) is 4.52. The maximum Gasteiger partial charge on any atom is 0.257 e. The summed E-state index contributed by atoms with van der Waals surface area (Å²) in [5.41, 5.74) is 3.31. The monoisotopic (exact) mass is 371 g/mol. The van der Waals surface area contributed by atoms with Gasteiger partial charge in [0.1, 0.15) is 11.6 Å². The summed E-state index contributed by atoms with van der Waals surface area (Å²) in [6, 6.07) is 23.8. The number of pyridine rings is 1. The molecule has 1 N–H and O–H groups in total. The van der Waals surface area contributed by atoms with Crippen molar-refractivity contribution in [3.8, 4) is 16.9 Å². The van der Waals surface area contributed by atoms with Gasteiger partial charge in [-0.15, -0.1) is 0 Å². The average Bonchev–Trinajstić information content (AvgIpc) is 3.16. The van der Waals surface area contributed by atoms with Crippen LogP contribution in [0.4, 0.5) is 0 Å². The molecule has 2 heterocycles. The summed E-state index contributed by atoms with van der Waals surface area (Å²) in [7, 11) is 0. The number of nitrogens with zero attached hydrogens (tertiary/aromatic N) is 2. The molecular formula is C23H21N3O2. The van der Waals surface area contributed by atoms with Crippen molar-refractivity contribution in [2.24, 2.45) is 0 Å². The zero-order chi connectivity index (χ0) is 19.2. The van der Waals surface area contributed by atoms with Crippen LogP contribution in [0.1, 0.15) is 5.82 Å². The molecule has 0 saturated heterocycles. The highest BCUT2D eigenvalue weighted by atomic mass is 16.5. The van der Waals surface area contributed by atoms with Crippen LogP contribution in [0.2, 0.25) is 0 Å². The molecule has 0 unspecified atom stereocenters. The molecule has 4 rings (SSSR count). The minimum absolute atomic E-state index is 0.00693. The largest absolute Gasteiger partial charge is 0.484 e. The van der Waals surface area contributed by atoms with Crippen LogP contribution in [-0.4, -0.2) is 28.4 Å². The fourth-order valence-corrected chi connectivity index (χ4v) is 3.07. The fraction of sp³-hybridized carbons (Fsp3) is 0.130. The maximum absolute atomic E-state index is 12.0. The summed E-state index contributed by atoms with van der Waals surface area (Å²) >= 11 is 0. The van der Waals surface area contributed by atoms with Crippen LogP contribution in [0.3, 0.4) is 0 Å². The molecule has 0 bridgehead atoms. The Morgan fingerprint density at radius 3 is 2.50 bits per heavy atom. The Hall–Kier alpha value is -3.60. The van der Waals surface area contributed by atoms with Gasteiger partial charge in [-0.25, -0.2) is 4.98 Å². The number of hydrogen-bond acceptors (Lipinski definition) is 3. The second-order valence-electron chi connectivity index (χ2n) is 6.45. The van der Waals surface area contributed by atoms with Crippen LogP contribution in [0.25, 0.3) is 16.6 Å². The number of benzene rings is 2. The van der Waals surface area contributed by atoms with Crippen LogP contribution in [-0.2, 0) is 11.2 Å². The van der Waals surface area contributed by atoms with Crippen LogP contribution in [0.5, 0.6) is 5.75 Å². The molecule has 0 saturated carbocycles. The zero-order valence-corrected chi connectivity index (χ0v) is 15.4. The zero-order valence-electron chi connectivity index (χ0n) is 15.4. The van der Waals surface area contributed by atoms with Gasteiger partial charge in [-0.3, -0.25) is 4.79 Å². The number of imidazole rings is 1. The number of ether oxygens (including phenoxy) is 1. The molecule has 5 heteroatoms. The first-order valence-electron chi connectivity index (χ1n) is 9.25. The summed E-state index contributed by atoms with van der Waals surface area (Å²) in [5.74, 6) is 1.45. The van der Waals surface area contributed by atoms with E-state index in [4.69, 9.17) is 4.74 Å². The number of fused-ring (bicyclic) bond motifs is 1. The van der Waals surface area contributed by atoms with Gasteiger partial charge in [-0.1, -0.05) is 48.5 Å². The van der Waals surface area contributed by atoms with Gasteiger partial charge < -0.3 is 14.5 Å². The summed E-state index contributed by atoms with van der Waals surface area (Å²) in [6.45, 7) is 0.510. The lowest BCUT2D eigenvalue weighted by Gasteiger charge is -2.08. The van der Waals surface area contributed by atoms with Crippen LogP contribution < -0.4 is 10.1 Å². The lowest BCUT2D eigenvalue weighted by atomic mass is 10.1. The SMILES string of the molecule is O=C(COc1ccc(-c2ccccc2)cc1)NCCc1ncc2ccccn12. The molecule has 0 fully saturated rings. The van der Waals surface area contributed by atoms with Gasteiger partial charge in [0.15, 0.2) is 6.61 Å². The molecule has 0 atom stereocenters. The lowest BCUT2D eigenvalue weighted by Crippen LogP contribution is -2.30. The third-order valence-corrected chi connectivity index (χ3v) is 4.52. The van der Waals surface area contributed by atoms with Crippen molar-refractivity contribution in [1.29, 1.82) is 0 Å². The van der Waals surface area contributed by atoms with Crippen molar-refractivity contribution < 1.29 is 9.53 Å². The molecule has 0 aliphatic carbocycles. The normalized spacial score (nSPS) is 10.7. The standard InChI is InChI=1S/C23H21N3O2/c27-23(24-14-13-22-25-16-20-8-4-5-15-26(20)22)17-28-21-11-9-19(10-12-21)18-6-2-1-3-7-18/h1-12,15-16H,13-14,17H2,(H,24,27). The van der Waals surface area contributed by atoms with Crippen LogP contribution >= 0.6 is 0 Å². The number of nitrogens with one attached hydrogen (secondary N) is 1. The minimum atomic E-state index is -0.145. The average molecular weight is 371 g/mol. The van der Waals surface area contributed by atoms with E-state index in [0.717, 1.165) is 22.5 Å². The highest BCUT2D eigenvalue weighted by Crippen LogP contribution is 2.21. The lowest BCUT2D eigenvalue weighted by molar-refractivity contribution is -0.123. The topological polar surface area (TPSA) is 55.6 Å². The predicted molar refractivity (Wildman–Crippen MR) is 109 cm³/mol. The maximum atomic E-state index is 12.0. The van der Waals surface area contributed by atoms with E-state index in [1.807, 2.05) is 77.5 Å². The van der Waals surface area contributed by atoms with Crippen molar-refractivity contribution in [2.75, 3.05) is 13.2 Å². The number of amides is 1. The van der Waals surface area contributed by atoms with E-state index < -0.39 is 0 Å². The summed E-state index contributed by atoms with van der Waals surface area (Å²) < 4.78 is 7.61. The molecule has 0 aliphatic rings. The number of carbonyl (C=O) groups is 1. The molecule has 5 nitrogen and oxygen atoms in total. The van der Waals surface area contributed by atoms with E-state index in [1.54, 1.807) is 0 Å². The number of hydrogen-bond donors (Lipinski definition) is 1. The van der Waals surface area contributed by atoms with E-state index in [2.05, 4.69) is 22.4 Å². The summed E-state index contributed by atoms with van der Waals surface area (Å²) in [6.07, 6.45) is 4.47.